The quantitative estimate of drug-likeness (QED) is 0.454. The van der Waals surface area contributed by atoms with Crippen molar-refractivity contribution in [3.63, 3.8) is 0 Å². The SMILES string of the molecule is CCc1cn(C(N)=O)c2ccccc12.CN1C2CCC1CC(n1ccc3ccccc31)C2. The van der Waals surface area contributed by atoms with Crippen LogP contribution in [0.15, 0.2) is 67.0 Å². The molecule has 2 N–H and O–H groups in total. The average molecular weight is 429 g/mol. The first-order chi connectivity index (χ1) is 15.6. The molecule has 2 atom stereocenters. The Morgan fingerprint density at radius 2 is 1.59 bits per heavy atom. The first-order valence-electron chi connectivity index (χ1n) is 11.7. The van der Waals surface area contributed by atoms with Gasteiger partial charge in [0.25, 0.3) is 0 Å². The number of nitrogens with two attached hydrogens (primary N) is 1. The maximum atomic E-state index is 11.1. The number of aromatic nitrogens is 2. The van der Waals surface area contributed by atoms with Crippen LogP contribution in [0.5, 0.6) is 0 Å². The van der Waals surface area contributed by atoms with Gasteiger partial charge in [-0.3, -0.25) is 4.57 Å². The lowest BCUT2D eigenvalue weighted by molar-refractivity contribution is 0.139. The van der Waals surface area contributed by atoms with Gasteiger partial charge < -0.3 is 15.2 Å². The molecule has 2 aliphatic rings. The number of fused-ring (bicyclic) bond motifs is 4. The third-order valence-electron chi connectivity index (χ3n) is 7.51. The number of benzene rings is 2. The number of hydrogen-bond donors (Lipinski definition) is 1. The molecular formula is C27H32N4O. The number of rotatable bonds is 2. The Bertz CT molecular complexity index is 1240. The largest absolute Gasteiger partial charge is 0.351 e. The van der Waals surface area contributed by atoms with E-state index in [0.29, 0.717) is 6.04 Å². The van der Waals surface area contributed by atoms with Gasteiger partial charge in [-0.2, -0.15) is 0 Å². The number of para-hydroxylation sites is 2. The number of primary amides is 1. The predicted molar refractivity (Wildman–Crippen MR) is 131 cm³/mol. The molecule has 5 nitrogen and oxygen atoms in total. The van der Waals surface area contributed by atoms with Crippen LogP contribution in [0.4, 0.5) is 4.79 Å². The molecule has 2 aromatic carbocycles. The molecule has 0 saturated carbocycles. The lowest BCUT2D eigenvalue weighted by atomic mass is 9.97. The van der Waals surface area contributed by atoms with E-state index in [1.165, 1.54) is 41.2 Å². The van der Waals surface area contributed by atoms with Gasteiger partial charge in [0, 0.05) is 41.4 Å². The van der Waals surface area contributed by atoms with Crippen LogP contribution in [0.1, 0.15) is 44.2 Å². The molecule has 0 radical (unpaired) electrons. The summed E-state index contributed by atoms with van der Waals surface area (Å²) in [6, 6.07) is 20.7. The molecule has 0 aliphatic carbocycles. The van der Waals surface area contributed by atoms with Crippen molar-refractivity contribution in [1.82, 2.24) is 14.0 Å². The maximum absolute atomic E-state index is 11.1. The number of carbonyl (C=O) groups excluding carboxylic acids is 1. The summed E-state index contributed by atoms with van der Waals surface area (Å²) in [6.45, 7) is 2.06. The Hall–Kier alpha value is -3.05. The van der Waals surface area contributed by atoms with Crippen molar-refractivity contribution < 1.29 is 4.79 Å². The molecule has 1 amide bonds. The van der Waals surface area contributed by atoms with Crippen LogP contribution in [0.25, 0.3) is 21.8 Å². The molecule has 2 unspecified atom stereocenters. The van der Waals surface area contributed by atoms with Crippen LogP contribution in [0.3, 0.4) is 0 Å². The zero-order valence-corrected chi connectivity index (χ0v) is 18.9. The van der Waals surface area contributed by atoms with Crippen molar-refractivity contribution in [3.05, 3.63) is 72.6 Å². The summed E-state index contributed by atoms with van der Waals surface area (Å²) in [7, 11) is 2.31. The lowest BCUT2D eigenvalue weighted by Gasteiger charge is -2.37. The van der Waals surface area contributed by atoms with E-state index >= 15 is 0 Å². The van der Waals surface area contributed by atoms with Gasteiger partial charge in [-0.1, -0.05) is 43.3 Å². The minimum Gasteiger partial charge on any atom is -0.351 e. The van der Waals surface area contributed by atoms with Crippen molar-refractivity contribution in [2.75, 3.05) is 7.05 Å². The first kappa shape index (κ1) is 20.8. The monoisotopic (exact) mass is 428 g/mol. The first-order valence-corrected chi connectivity index (χ1v) is 11.7. The van der Waals surface area contributed by atoms with Gasteiger partial charge in [0.2, 0.25) is 0 Å². The van der Waals surface area contributed by atoms with Crippen molar-refractivity contribution >= 4 is 27.8 Å². The number of amides is 1. The molecule has 0 spiro atoms. The van der Waals surface area contributed by atoms with Gasteiger partial charge in [-0.05, 0) is 68.3 Å². The van der Waals surface area contributed by atoms with Gasteiger partial charge in [0.1, 0.15) is 0 Å². The van der Waals surface area contributed by atoms with Gasteiger partial charge in [0.05, 0.1) is 5.52 Å². The topological polar surface area (TPSA) is 56.2 Å². The number of carbonyl (C=O) groups is 1. The third kappa shape index (κ3) is 3.61. The summed E-state index contributed by atoms with van der Waals surface area (Å²) in [4.78, 5) is 13.7. The highest BCUT2D eigenvalue weighted by molar-refractivity contribution is 5.93. The number of hydrogen-bond acceptors (Lipinski definition) is 2. The Kier molecular flexibility index (Phi) is 5.51. The predicted octanol–water partition coefficient (Wildman–Crippen LogP) is 5.57. The summed E-state index contributed by atoms with van der Waals surface area (Å²) in [5, 5.41) is 2.48. The fraction of sp³-hybridized carbons (Fsp3) is 0.370. The third-order valence-corrected chi connectivity index (χ3v) is 7.51. The van der Waals surface area contributed by atoms with Crippen LogP contribution in [-0.4, -0.2) is 39.2 Å². The molecule has 2 aliphatic heterocycles. The zero-order valence-electron chi connectivity index (χ0n) is 18.9. The highest BCUT2D eigenvalue weighted by atomic mass is 16.2. The van der Waals surface area contributed by atoms with E-state index < -0.39 is 6.03 Å². The summed E-state index contributed by atoms with van der Waals surface area (Å²) in [5.74, 6) is 0. The van der Waals surface area contributed by atoms with Crippen LogP contribution in [-0.2, 0) is 6.42 Å². The van der Waals surface area contributed by atoms with Crippen LogP contribution in [0.2, 0.25) is 0 Å². The second-order valence-corrected chi connectivity index (χ2v) is 9.19. The number of aryl methyl sites for hydroxylation is 1. The fourth-order valence-electron chi connectivity index (χ4n) is 5.75. The molecule has 5 heteroatoms. The van der Waals surface area contributed by atoms with Crippen LogP contribution < -0.4 is 5.73 Å². The number of nitrogens with zero attached hydrogens (tertiary/aromatic N) is 3. The van der Waals surface area contributed by atoms with Crippen molar-refractivity contribution in [2.45, 2.75) is 57.2 Å². The zero-order chi connectivity index (χ0) is 22.2. The highest BCUT2D eigenvalue weighted by Crippen LogP contribution is 2.40. The van der Waals surface area contributed by atoms with E-state index in [2.05, 4.69) is 60.0 Å². The van der Waals surface area contributed by atoms with E-state index in [9.17, 15) is 4.79 Å². The summed E-state index contributed by atoms with van der Waals surface area (Å²) < 4.78 is 4.02. The lowest BCUT2D eigenvalue weighted by Crippen LogP contribution is -2.40. The van der Waals surface area contributed by atoms with E-state index in [1.807, 2.05) is 30.5 Å². The van der Waals surface area contributed by atoms with E-state index in [4.69, 9.17) is 5.73 Å². The Labute approximate surface area is 189 Å². The fourth-order valence-corrected chi connectivity index (χ4v) is 5.75. The van der Waals surface area contributed by atoms with Crippen LogP contribution >= 0.6 is 0 Å². The molecule has 4 aromatic rings. The second-order valence-electron chi connectivity index (χ2n) is 9.19. The minimum atomic E-state index is -0.430. The van der Waals surface area contributed by atoms with Gasteiger partial charge in [-0.25, -0.2) is 4.79 Å². The Morgan fingerprint density at radius 1 is 0.938 bits per heavy atom. The van der Waals surface area contributed by atoms with Crippen molar-refractivity contribution in [1.29, 1.82) is 0 Å². The Balaban J connectivity index is 0.000000140. The molecule has 4 heterocycles. The van der Waals surface area contributed by atoms with Crippen LogP contribution in [0, 0.1) is 0 Å². The summed E-state index contributed by atoms with van der Waals surface area (Å²) in [5.41, 5.74) is 8.72. The molecule has 166 valence electrons. The van der Waals surface area contributed by atoms with Crippen molar-refractivity contribution in [3.8, 4) is 0 Å². The van der Waals surface area contributed by atoms with E-state index in [0.717, 1.165) is 35.0 Å². The van der Waals surface area contributed by atoms with Gasteiger partial charge in [0.15, 0.2) is 0 Å². The second kappa shape index (κ2) is 8.47. The molecule has 2 aromatic heterocycles. The van der Waals surface area contributed by atoms with Crippen molar-refractivity contribution in [2.24, 2.45) is 5.73 Å². The molecule has 6 rings (SSSR count). The minimum absolute atomic E-state index is 0.430. The molecule has 2 saturated heterocycles. The molecular weight excluding hydrogens is 396 g/mol. The Morgan fingerprint density at radius 3 is 2.28 bits per heavy atom. The standard InChI is InChI=1S/C16H20N2.C11H12N2O/c1-17-13-6-7-14(17)11-15(10-13)18-9-8-12-4-2-3-5-16(12)18;1-2-8-7-13(11(12)14)10-6-4-3-5-9(8)10/h2-5,8-9,13-15H,6-7,10-11H2,1H3;3-7H,2H2,1H3,(H2,12,14). The highest BCUT2D eigenvalue weighted by Gasteiger charge is 2.39. The normalized spacial score (nSPS) is 22.8. The molecule has 2 bridgehead atoms. The molecule has 32 heavy (non-hydrogen) atoms. The van der Waals surface area contributed by atoms with E-state index in [1.54, 1.807) is 0 Å². The maximum Gasteiger partial charge on any atom is 0.323 e. The smallest absolute Gasteiger partial charge is 0.323 e. The average Bonchev–Trinajstić information content (AvgIpc) is 3.45. The summed E-state index contributed by atoms with van der Waals surface area (Å²) >= 11 is 0. The van der Waals surface area contributed by atoms with E-state index in [-0.39, 0.29) is 0 Å². The number of piperidine rings is 1. The summed E-state index contributed by atoms with van der Waals surface area (Å²) in [6.07, 6.45) is 10.5. The molecule has 2 fully saturated rings. The van der Waals surface area contributed by atoms with Gasteiger partial charge >= 0.3 is 6.03 Å². The van der Waals surface area contributed by atoms with Gasteiger partial charge in [-0.15, -0.1) is 0 Å².